The predicted molar refractivity (Wildman–Crippen MR) is 117 cm³/mol. The smallest absolute Gasteiger partial charge is 0.248 e. The molecule has 1 aliphatic carbocycles. The van der Waals surface area contributed by atoms with Crippen LogP contribution in [0.3, 0.4) is 0 Å². The van der Waals surface area contributed by atoms with E-state index in [1.807, 2.05) is 30.3 Å². The van der Waals surface area contributed by atoms with Gasteiger partial charge >= 0.3 is 0 Å². The molecule has 0 unspecified atom stereocenters. The summed E-state index contributed by atoms with van der Waals surface area (Å²) in [6.07, 6.45) is 4.16. The van der Waals surface area contributed by atoms with Crippen LogP contribution in [-0.4, -0.2) is 47.6 Å². The molecule has 5 nitrogen and oxygen atoms in total. The van der Waals surface area contributed by atoms with Crippen LogP contribution >= 0.6 is 11.8 Å². The van der Waals surface area contributed by atoms with E-state index in [2.05, 4.69) is 21.9 Å². The van der Waals surface area contributed by atoms with Crippen molar-refractivity contribution in [2.45, 2.75) is 35.3 Å². The summed E-state index contributed by atoms with van der Waals surface area (Å²) in [5.41, 5.74) is 6.91. The highest BCUT2D eigenvalue weighted by Gasteiger charge is 2.45. The number of amides is 2. The molecule has 1 saturated carbocycles. The Balaban J connectivity index is 1.41. The summed E-state index contributed by atoms with van der Waals surface area (Å²) >= 11 is 1.75. The monoisotopic (exact) mass is 409 g/mol. The van der Waals surface area contributed by atoms with Crippen LogP contribution < -0.4 is 10.6 Å². The number of rotatable bonds is 5. The van der Waals surface area contributed by atoms with Gasteiger partial charge in [0.05, 0.1) is 4.75 Å². The second-order valence-corrected chi connectivity index (χ2v) is 9.26. The van der Waals surface area contributed by atoms with Crippen LogP contribution in [0, 0.1) is 0 Å². The predicted octanol–water partition coefficient (Wildman–Crippen LogP) is 3.54. The lowest BCUT2D eigenvalue weighted by Crippen LogP contribution is -2.54. The molecule has 0 aromatic heterocycles. The zero-order valence-corrected chi connectivity index (χ0v) is 17.4. The van der Waals surface area contributed by atoms with E-state index in [9.17, 15) is 9.59 Å². The molecule has 0 bridgehead atoms. The Morgan fingerprint density at radius 3 is 2.07 bits per heavy atom. The molecular weight excluding hydrogens is 382 g/mol. The normalized spacial score (nSPS) is 18.6. The van der Waals surface area contributed by atoms with Crippen LogP contribution in [-0.2, 0) is 4.79 Å². The lowest BCUT2D eigenvalue weighted by atomic mass is 10.0. The van der Waals surface area contributed by atoms with E-state index < -0.39 is 5.91 Å². The topological polar surface area (TPSA) is 66.6 Å². The Labute approximate surface area is 176 Å². The number of benzene rings is 2. The van der Waals surface area contributed by atoms with Gasteiger partial charge in [-0.1, -0.05) is 31.0 Å². The summed E-state index contributed by atoms with van der Waals surface area (Å²) in [7, 11) is 0. The molecule has 2 amide bonds. The lowest BCUT2D eigenvalue weighted by molar-refractivity contribution is -0.134. The Hall–Kier alpha value is -2.47. The largest absolute Gasteiger partial charge is 0.368 e. The second kappa shape index (κ2) is 8.49. The van der Waals surface area contributed by atoms with Gasteiger partial charge in [-0.05, 0) is 49.2 Å². The Bertz CT molecular complexity index is 855. The number of thioether (sulfide) groups is 1. The standard InChI is InChI=1S/C23H27N3O2S/c24-21(27)18-8-10-19(11-9-18)25-14-16-26(17-15-25)22(28)23(12-4-5-13-23)29-20-6-2-1-3-7-20/h1-3,6-11H,4-5,12-17H2,(H2,24,27). The lowest BCUT2D eigenvalue weighted by Gasteiger charge is -2.40. The minimum atomic E-state index is -0.412. The average Bonchev–Trinajstić information content (AvgIpc) is 3.24. The molecule has 4 rings (SSSR count). The Morgan fingerprint density at radius 1 is 0.862 bits per heavy atom. The number of anilines is 1. The molecule has 0 atom stereocenters. The van der Waals surface area contributed by atoms with Crippen molar-refractivity contribution in [1.82, 2.24) is 4.90 Å². The Morgan fingerprint density at radius 2 is 1.48 bits per heavy atom. The van der Waals surface area contributed by atoms with Crippen molar-refractivity contribution in [2.24, 2.45) is 5.73 Å². The number of hydrogen-bond acceptors (Lipinski definition) is 4. The number of carbonyl (C=O) groups is 2. The van der Waals surface area contributed by atoms with E-state index >= 15 is 0 Å². The minimum absolute atomic E-state index is 0.299. The van der Waals surface area contributed by atoms with Gasteiger partial charge in [-0.2, -0.15) is 0 Å². The maximum absolute atomic E-state index is 13.5. The molecule has 2 aromatic rings. The summed E-state index contributed by atoms with van der Waals surface area (Å²) in [6, 6.07) is 17.7. The van der Waals surface area contributed by atoms with E-state index in [0.29, 0.717) is 11.5 Å². The fraction of sp³-hybridized carbons (Fsp3) is 0.391. The van der Waals surface area contributed by atoms with Gasteiger partial charge in [-0.15, -0.1) is 11.8 Å². The van der Waals surface area contributed by atoms with Gasteiger partial charge in [0.1, 0.15) is 0 Å². The van der Waals surface area contributed by atoms with Gasteiger partial charge in [0.25, 0.3) is 0 Å². The highest BCUT2D eigenvalue weighted by Crippen LogP contribution is 2.46. The highest BCUT2D eigenvalue weighted by molar-refractivity contribution is 8.01. The van der Waals surface area contributed by atoms with Crippen molar-refractivity contribution in [3.8, 4) is 0 Å². The molecule has 6 heteroatoms. The molecule has 2 aromatic carbocycles. The van der Waals surface area contributed by atoms with E-state index in [4.69, 9.17) is 5.73 Å². The van der Waals surface area contributed by atoms with Crippen molar-refractivity contribution in [3.05, 3.63) is 60.2 Å². The van der Waals surface area contributed by atoms with Gasteiger partial charge in [0.15, 0.2) is 0 Å². The molecule has 2 N–H and O–H groups in total. The third-order valence-corrected chi connectivity index (χ3v) is 7.42. The second-order valence-electron chi connectivity index (χ2n) is 7.81. The maximum Gasteiger partial charge on any atom is 0.248 e. The zero-order chi connectivity index (χ0) is 20.3. The summed E-state index contributed by atoms with van der Waals surface area (Å²) < 4.78 is -0.313. The van der Waals surface area contributed by atoms with Crippen LogP contribution in [0.1, 0.15) is 36.0 Å². The van der Waals surface area contributed by atoms with Gasteiger partial charge in [0.2, 0.25) is 11.8 Å². The third-order valence-electron chi connectivity index (χ3n) is 5.94. The van der Waals surface area contributed by atoms with Crippen LogP contribution in [0.15, 0.2) is 59.5 Å². The Kier molecular flexibility index (Phi) is 5.81. The average molecular weight is 410 g/mol. The first-order chi connectivity index (χ1) is 14.1. The summed E-state index contributed by atoms with van der Waals surface area (Å²) in [5.74, 6) is -0.114. The molecule has 152 valence electrons. The number of piperazine rings is 1. The molecular formula is C23H27N3O2S. The first-order valence-electron chi connectivity index (χ1n) is 10.3. The van der Waals surface area contributed by atoms with Crippen LogP contribution in [0.4, 0.5) is 5.69 Å². The third kappa shape index (κ3) is 4.27. The molecule has 1 saturated heterocycles. The molecule has 2 fully saturated rings. The number of hydrogen-bond donors (Lipinski definition) is 1. The summed E-state index contributed by atoms with van der Waals surface area (Å²) in [5, 5.41) is 0. The zero-order valence-electron chi connectivity index (χ0n) is 16.5. The first kappa shape index (κ1) is 19.8. The molecule has 1 aliphatic heterocycles. The van der Waals surface area contributed by atoms with Crippen LogP contribution in [0.2, 0.25) is 0 Å². The number of nitrogens with two attached hydrogens (primary N) is 1. The van der Waals surface area contributed by atoms with E-state index in [0.717, 1.165) is 57.5 Å². The van der Waals surface area contributed by atoms with Crippen molar-refractivity contribution < 1.29 is 9.59 Å². The van der Waals surface area contributed by atoms with E-state index in [-0.39, 0.29) is 4.75 Å². The molecule has 2 aliphatic rings. The molecule has 1 heterocycles. The minimum Gasteiger partial charge on any atom is -0.368 e. The van der Waals surface area contributed by atoms with Gasteiger partial charge in [-0.25, -0.2) is 0 Å². The highest BCUT2D eigenvalue weighted by atomic mass is 32.2. The van der Waals surface area contributed by atoms with Crippen molar-refractivity contribution in [2.75, 3.05) is 31.1 Å². The number of primary amides is 1. The quantitative estimate of drug-likeness (QED) is 0.820. The van der Waals surface area contributed by atoms with E-state index in [1.165, 1.54) is 4.90 Å². The number of nitrogens with zero attached hydrogens (tertiary/aromatic N) is 2. The first-order valence-corrected chi connectivity index (χ1v) is 11.1. The van der Waals surface area contributed by atoms with Gasteiger partial charge in [0, 0.05) is 42.3 Å². The van der Waals surface area contributed by atoms with E-state index in [1.54, 1.807) is 23.9 Å². The fourth-order valence-electron chi connectivity index (χ4n) is 4.31. The SMILES string of the molecule is NC(=O)c1ccc(N2CCN(C(=O)C3(Sc4ccccc4)CCCC3)CC2)cc1. The van der Waals surface area contributed by atoms with Crippen LogP contribution in [0.25, 0.3) is 0 Å². The summed E-state index contributed by atoms with van der Waals surface area (Å²) in [6.45, 7) is 3.06. The molecule has 0 spiro atoms. The molecule has 0 radical (unpaired) electrons. The maximum atomic E-state index is 13.5. The number of carbonyl (C=O) groups excluding carboxylic acids is 2. The van der Waals surface area contributed by atoms with Crippen molar-refractivity contribution in [1.29, 1.82) is 0 Å². The van der Waals surface area contributed by atoms with Gasteiger partial charge in [-0.3, -0.25) is 9.59 Å². The fourth-order valence-corrected chi connectivity index (χ4v) is 5.77. The summed E-state index contributed by atoms with van der Waals surface area (Å²) in [4.78, 5) is 30.3. The molecule has 29 heavy (non-hydrogen) atoms. The van der Waals surface area contributed by atoms with Crippen molar-refractivity contribution in [3.63, 3.8) is 0 Å². The van der Waals surface area contributed by atoms with Gasteiger partial charge < -0.3 is 15.5 Å². The van der Waals surface area contributed by atoms with Crippen molar-refractivity contribution >= 4 is 29.3 Å². The van der Waals surface area contributed by atoms with Crippen LogP contribution in [0.5, 0.6) is 0 Å².